The lowest BCUT2D eigenvalue weighted by Gasteiger charge is -2.31. The summed E-state index contributed by atoms with van der Waals surface area (Å²) >= 11 is 1.42. The molecule has 2 saturated heterocycles. The van der Waals surface area contributed by atoms with Crippen LogP contribution in [0, 0.1) is 0 Å². The molecule has 4 rings (SSSR count). The van der Waals surface area contributed by atoms with Gasteiger partial charge in [0.15, 0.2) is 6.61 Å². The minimum atomic E-state index is -0.0576. The van der Waals surface area contributed by atoms with Crippen molar-refractivity contribution in [2.45, 2.75) is 32.3 Å². The van der Waals surface area contributed by atoms with Gasteiger partial charge in [-0.3, -0.25) is 9.59 Å². The van der Waals surface area contributed by atoms with Crippen LogP contribution in [-0.2, 0) is 9.53 Å². The van der Waals surface area contributed by atoms with E-state index in [1.54, 1.807) is 0 Å². The molecule has 1 atom stereocenters. The first-order chi connectivity index (χ1) is 14.6. The Bertz CT molecular complexity index is 877. The van der Waals surface area contributed by atoms with Crippen LogP contribution in [0.5, 0.6) is 5.75 Å². The number of likely N-dealkylation sites (tertiary alicyclic amines) is 1. The Kier molecular flexibility index (Phi) is 6.69. The molecule has 0 N–H and O–H groups in total. The van der Waals surface area contributed by atoms with Gasteiger partial charge in [-0.25, -0.2) is 0 Å². The van der Waals surface area contributed by atoms with Crippen molar-refractivity contribution in [3.63, 3.8) is 0 Å². The van der Waals surface area contributed by atoms with Crippen molar-refractivity contribution in [2.75, 3.05) is 39.4 Å². The SMILES string of the molecule is CC1CN(C(=O)c2sc(-c3ccccc3)cc2OCC(=O)N2CCCCC2)CCO1. The summed E-state index contributed by atoms with van der Waals surface area (Å²) < 4.78 is 11.5. The molecule has 2 aliphatic heterocycles. The molecule has 2 amide bonds. The van der Waals surface area contributed by atoms with Gasteiger partial charge in [-0.05, 0) is 37.8 Å². The van der Waals surface area contributed by atoms with Gasteiger partial charge in [0.05, 0.1) is 12.7 Å². The Hall–Kier alpha value is -2.38. The molecule has 7 heteroatoms. The fourth-order valence-electron chi connectivity index (χ4n) is 3.90. The highest BCUT2D eigenvalue weighted by molar-refractivity contribution is 7.17. The molecule has 0 saturated carbocycles. The zero-order valence-electron chi connectivity index (χ0n) is 17.3. The van der Waals surface area contributed by atoms with Crippen LogP contribution in [0.3, 0.4) is 0 Å². The Morgan fingerprint density at radius 2 is 1.87 bits per heavy atom. The number of thiophene rings is 1. The third kappa shape index (κ3) is 4.84. The summed E-state index contributed by atoms with van der Waals surface area (Å²) in [5, 5.41) is 0. The second-order valence-electron chi connectivity index (χ2n) is 7.83. The highest BCUT2D eigenvalue weighted by Gasteiger charge is 2.28. The third-order valence-corrected chi connectivity index (χ3v) is 6.69. The van der Waals surface area contributed by atoms with Crippen LogP contribution in [0.4, 0.5) is 0 Å². The van der Waals surface area contributed by atoms with E-state index in [0.29, 0.717) is 30.3 Å². The first-order valence-corrected chi connectivity index (χ1v) is 11.4. The van der Waals surface area contributed by atoms with Gasteiger partial charge in [-0.2, -0.15) is 0 Å². The van der Waals surface area contributed by atoms with Crippen LogP contribution in [0.15, 0.2) is 36.4 Å². The molecule has 0 spiro atoms. The molecule has 160 valence electrons. The largest absolute Gasteiger partial charge is 0.482 e. The molecular weight excluding hydrogens is 400 g/mol. The number of piperidine rings is 1. The standard InChI is InChI=1S/C23H28N2O4S/c1-17-15-25(12-13-28-17)23(27)22-19(14-20(30-22)18-8-4-2-5-9-18)29-16-21(26)24-10-6-3-7-11-24/h2,4-5,8-9,14,17H,3,6-7,10-13,15-16H2,1H3. The van der Waals surface area contributed by atoms with E-state index in [1.807, 2.05) is 53.1 Å². The lowest BCUT2D eigenvalue weighted by atomic mass is 10.1. The van der Waals surface area contributed by atoms with Gasteiger partial charge in [0.2, 0.25) is 0 Å². The van der Waals surface area contributed by atoms with Gasteiger partial charge in [0, 0.05) is 31.1 Å². The van der Waals surface area contributed by atoms with E-state index < -0.39 is 0 Å². The Balaban J connectivity index is 1.54. The number of rotatable bonds is 5. The predicted molar refractivity (Wildman–Crippen MR) is 117 cm³/mol. The Morgan fingerprint density at radius 3 is 2.60 bits per heavy atom. The van der Waals surface area contributed by atoms with Gasteiger partial charge in [0.1, 0.15) is 10.6 Å². The monoisotopic (exact) mass is 428 g/mol. The number of hydrogen-bond acceptors (Lipinski definition) is 5. The molecule has 2 aromatic rings. The quantitative estimate of drug-likeness (QED) is 0.729. The van der Waals surface area contributed by atoms with Gasteiger partial charge in [-0.1, -0.05) is 30.3 Å². The average molecular weight is 429 g/mol. The number of hydrogen-bond donors (Lipinski definition) is 0. The van der Waals surface area contributed by atoms with Gasteiger partial charge < -0.3 is 19.3 Å². The maximum absolute atomic E-state index is 13.3. The van der Waals surface area contributed by atoms with Crippen molar-refractivity contribution in [2.24, 2.45) is 0 Å². The van der Waals surface area contributed by atoms with E-state index in [2.05, 4.69) is 0 Å². The highest BCUT2D eigenvalue weighted by Crippen LogP contribution is 2.37. The van der Waals surface area contributed by atoms with E-state index in [1.165, 1.54) is 17.8 Å². The second kappa shape index (κ2) is 9.62. The topological polar surface area (TPSA) is 59.1 Å². The Morgan fingerprint density at radius 1 is 1.10 bits per heavy atom. The van der Waals surface area contributed by atoms with Gasteiger partial charge >= 0.3 is 0 Å². The maximum Gasteiger partial charge on any atom is 0.267 e. The van der Waals surface area contributed by atoms with Crippen LogP contribution in [0.1, 0.15) is 35.9 Å². The van der Waals surface area contributed by atoms with E-state index in [-0.39, 0.29) is 24.5 Å². The minimum Gasteiger partial charge on any atom is -0.482 e. The molecule has 30 heavy (non-hydrogen) atoms. The molecule has 1 aromatic heterocycles. The van der Waals surface area contributed by atoms with Crippen LogP contribution >= 0.6 is 11.3 Å². The van der Waals surface area contributed by atoms with Crippen molar-refractivity contribution in [1.29, 1.82) is 0 Å². The number of carbonyl (C=O) groups is 2. The predicted octanol–water partition coefficient (Wildman–Crippen LogP) is 3.67. The first kappa shape index (κ1) is 20.9. The van der Waals surface area contributed by atoms with E-state index in [9.17, 15) is 9.59 Å². The summed E-state index contributed by atoms with van der Waals surface area (Å²) in [6.07, 6.45) is 3.27. The average Bonchev–Trinajstić information content (AvgIpc) is 3.22. The van der Waals surface area contributed by atoms with Crippen molar-refractivity contribution in [3.8, 4) is 16.2 Å². The first-order valence-electron chi connectivity index (χ1n) is 10.6. The molecule has 0 aliphatic carbocycles. The zero-order valence-corrected chi connectivity index (χ0v) is 18.2. The minimum absolute atomic E-state index is 0.0134. The summed E-state index contributed by atoms with van der Waals surface area (Å²) in [6, 6.07) is 11.8. The fourth-order valence-corrected chi connectivity index (χ4v) is 4.97. The van der Waals surface area contributed by atoms with E-state index in [4.69, 9.17) is 9.47 Å². The van der Waals surface area contributed by atoms with Crippen molar-refractivity contribution in [1.82, 2.24) is 9.80 Å². The molecule has 1 aromatic carbocycles. The van der Waals surface area contributed by atoms with Crippen LogP contribution in [0.2, 0.25) is 0 Å². The summed E-state index contributed by atoms with van der Waals surface area (Å²) in [5.74, 6) is 0.423. The van der Waals surface area contributed by atoms with Gasteiger partial charge in [-0.15, -0.1) is 11.3 Å². The van der Waals surface area contributed by atoms with Crippen LogP contribution < -0.4 is 4.74 Å². The number of carbonyl (C=O) groups excluding carboxylic acids is 2. The summed E-state index contributed by atoms with van der Waals surface area (Å²) in [4.78, 5) is 31.0. The smallest absolute Gasteiger partial charge is 0.267 e. The lowest BCUT2D eigenvalue weighted by Crippen LogP contribution is -2.44. The van der Waals surface area contributed by atoms with E-state index in [0.717, 1.165) is 36.4 Å². The molecule has 6 nitrogen and oxygen atoms in total. The van der Waals surface area contributed by atoms with Crippen molar-refractivity contribution in [3.05, 3.63) is 41.3 Å². The number of nitrogens with zero attached hydrogens (tertiary/aromatic N) is 2. The van der Waals surface area contributed by atoms with Gasteiger partial charge in [0.25, 0.3) is 11.8 Å². The fraction of sp³-hybridized carbons (Fsp3) is 0.478. The van der Waals surface area contributed by atoms with Crippen molar-refractivity contribution >= 4 is 23.2 Å². The number of amides is 2. The lowest BCUT2D eigenvalue weighted by molar-refractivity contribution is -0.134. The zero-order chi connectivity index (χ0) is 20.9. The number of benzene rings is 1. The molecule has 2 fully saturated rings. The maximum atomic E-state index is 13.3. The van der Waals surface area contributed by atoms with E-state index >= 15 is 0 Å². The summed E-state index contributed by atoms with van der Waals surface area (Å²) in [7, 11) is 0. The van der Waals surface area contributed by atoms with Crippen molar-refractivity contribution < 1.29 is 19.1 Å². The molecule has 2 aliphatic rings. The van der Waals surface area contributed by atoms with Crippen LogP contribution in [-0.4, -0.2) is 67.1 Å². The normalized spacial score (nSPS) is 19.6. The molecule has 1 unspecified atom stereocenters. The highest BCUT2D eigenvalue weighted by atomic mass is 32.1. The Labute approximate surface area is 181 Å². The van der Waals surface area contributed by atoms with Crippen LogP contribution in [0.25, 0.3) is 10.4 Å². The number of ether oxygens (including phenoxy) is 2. The third-order valence-electron chi connectivity index (χ3n) is 5.54. The molecule has 0 radical (unpaired) electrons. The molecule has 3 heterocycles. The summed E-state index contributed by atoms with van der Waals surface area (Å²) in [5.41, 5.74) is 1.03. The number of morpholine rings is 1. The second-order valence-corrected chi connectivity index (χ2v) is 8.88. The molecule has 0 bridgehead atoms. The molecular formula is C23H28N2O4S. The summed E-state index contributed by atoms with van der Waals surface area (Å²) in [6.45, 7) is 5.17.